The topological polar surface area (TPSA) is 53.0 Å². The molecule has 0 aliphatic heterocycles. The van der Waals surface area contributed by atoms with Crippen LogP contribution in [0.15, 0.2) is 24.3 Å². The molecule has 0 aromatic heterocycles. The van der Waals surface area contributed by atoms with E-state index < -0.39 is 0 Å². The number of benzene rings is 1. The van der Waals surface area contributed by atoms with Crippen LogP contribution in [-0.4, -0.2) is 18.5 Å². The highest BCUT2D eigenvalue weighted by molar-refractivity contribution is 5.41. The fraction of sp³-hybridized carbons (Fsp3) is 0.500. The molecule has 0 saturated carbocycles. The summed E-state index contributed by atoms with van der Waals surface area (Å²) in [5, 5.41) is 8.47. The van der Waals surface area contributed by atoms with Crippen molar-refractivity contribution >= 4 is 5.69 Å². The van der Waals surface area contributed by atoms with Crippen LogP contribution in [-0.2, 0) is 0 Å². The Morgan fingerprint density at radius 1 is 1.41 bits per heavy atom. The number of nitriles is 1. The number of hydrogen-bond acceptors (Lipinski definition) is 3. The molecule has 1 rings (SSSR count). The number of nitrogens with zero attached hydrogens (tertiary/aromatic N) is 2. The van der Waals surface area contributed by atoms with Crippen LogP contribution in [0.4, 0.5) is 5.69 Å². The van der Waals surface area contributed by atoms with Gasteiger partial charge in [0.15, 0.2) is 0 Å². The minimum atomic E-state index is 0.362. The van der Waals surface area contributed by atoms with Crippen molar-refractivity contribution in [1.82, 2.24) is 4.90 Å². The van der Waals surface area contributed by atoms with Crippen LogP contribution in [0.1, 0.15) is 37.8 Å². The zero-order chi connectivity index (χ0) is 12.7. The average Bonchev–Trinajstić information content (AvgIpc) is 2.33. The molecule has 0 amide bonds. The van der Waals surface area contributed by atoms with E-state index in [4.69, 9.17) is 11.0 Å². The van der Waals surface area contributed by atoms with Gasteiger partial charge in [-0.2, -0.15) is 5.26 Å². The van der Waals surface area contributed by atoms with Gasteiger partial charge in [-0.1, -0.05) is 12.1 Å². The molecule has 0 fully saturated rings. The third-order valence-electron chi connectivity index (χ3n) is 3.10. The molecular weight excluding hydrogens is 210 g/mol. The van der Waals surface area contributed by atoms with Crippen molar-refractivity contribution in [2.24, 2.45) is 0 Å². The molecule has 0 heterocycles. The molecule has 0 aliphatic rings. The SMILES string of the molecule is CC(c1cccc(N)c1)N(C)CCCCC#N. The highest BCUT2D eigenvalue weighted by Gasteiger charge is 2.10. The molecule has 1 aromatic carbocycles. The van der Waals surface area contributed by atoms with E-state index in [2.05, 4.69) is 31.0 Å². The Bertz CT molecular complexity index is 381. The molecule has 3 nitrogen and oxygen atoms in total. The largest absolute Gasteiger partial charge is 0.399 e. The molecule has 0 spiro atoms. The Labute approximate surface area is 104 Å². The molecular formula is C14H21N3. The summed E-state index contributed by atoms with van der Waals surface area (Å²) in [4.78, 5) is 2.30. The van der Waals surface area contributed by atoms with Crippen LogP contribution in [0.25, 0.3) is 0 Å². The summed E-state index contributed by atoms with van der Waals surface area (Å²) in [6.07, 6.45) is 2.70. The van der Waals surface area contributed by atoms with Gasteiger partial charge in [-0.15, -0.1) is 0 Å². The number of nitrogens with two attached hydrogens (primary N) is 1. The summed E-state index contributed by atoms with van der Waals surface area (Å²) in [7, 11) is 2.11. The van der Waals surface area contributed by atoms with Gasteiger partial charge < -0.3 is 5.73 Å². The quantitative estimate of drug-likeness (QED) is 0.605. The molecule has 2 N–H and O–H groups in total. The third kappa shape index (κ3) is 4.46. The highest BCUT2D eigenvalue weighted by atomic mass is 15.1. The van der Waals surface area contributed by atoms with Gasteiger partial charge in [0.05, 0.1) is 6.07 Å². The number of nitrogen functional groups attached to an aromatic ring is 1. The molecule has 0 bridgehead atoms. The Balaban J connectivity index is 2.46. The molecule has 0 radical (unpaired) electrons. The second-order valence-electron chi connectivity index (χ2n) is 4.44. The first-order valence-corrected chi connectivity index (χ1v) is 6.07. The third-order valence-corrected chi connectivity index (χ3v) is 3.10. The summed E-state index contributed by atoms with van der Waals surface area (Å²) in [6, 6.07) is 10.6. The minimum absolute atomic E-state index is 0.362. The lowest BCUT2D eigenvalue weighted by Gasteiger charge is -2.25. The second-order valence-corrected chi connectivity index (χ2v) is 4.44. The fourth-order valence-corrected chi connectivity index (χ4v) is 1.83. The number of rotatable bonds is 6. The van der Waals surface area contributed by atoms with Gasteiger partial charge in [-0.25, -0.2) is 0 Å². The molecule has 0 aliphatic carbocycles. The summed E-state index contributed by atoms with van der Waals surface area (Å²) in [6.45, 7) is 3.19. The van der Waals surface area contributed by atoms with Gasteiger partial charge in [0.1, 0.15) is 0 Å². The molecule has 1 unspecified atom stereocenters. The summed E-state index contributed by atoms with van der Waals surface area (Å²) >= 11 is 0. The molecule has 0 saturated heterocycles. The Kier molecular flexibility index (Phi) is 5.51. The number of hydrogen-bond donors (Lipinski definition) is 1. The van der Waals surface area contributed by atoms with Crippen LogP contribution in [0, 0.1) is 11.3 Å². The zero-order valence-electron chi connectivity index (χ0n) is 10.7. The lowest BCUT2D eigenvalue weighted by atomic mass is 10.1. The lowest BCUT2D eigenvalue weighted by molar-refractivity contribution is 0.256. The van der Waals surface area contributed by atoms with Crippen molar-refractivity contribution in [2.45, 2.75) is 32.2 Å². The van der Waals surface area contributed by atoms with Crippen LogP contribution < -0.4 is 5.73 Å². The van der Waals surface area contributed by atoms with Crippen molar-refractivity contribution in [3.8, 4) is 6.07 Å². The normalized spacial score (nSPS) is 12.4. The Hall–Kier alpha value is -1.53. The first kappa shape index (κ1) is 13.5. The Morgan fingerprint density at radius 2 is 2.18 bits per heavy atom. The highest BCUT2D eigenvalue weighted by Crippen LogP contribution is 2.20. The van der Waals surface area contributed by atoms with Gasteiger partial charge in [0.25, 0.3) is 0 Å². The van der Waals surface area contributed by atoms with Crippen molar-refractivity contribution in [3.05, 3.63) is 29.8 Å². The van der Waals surface area contributed by atoms with Crippen LogP contribution >= 0.6 is 0 Å². The molecule has 1 aromatic rings. The van der Waals surface area contributed by atoms with E-state index in [1.165, 1.54) is 5.56 Å². The average molecular weight is 231 g/mol. The monoisotopic (exact) mass is 231 g/mol. The van der Waals surface area contributed by atoms with Gasteiger partial charge >= 0.3 is 0 Å². The first-order chi connectivity index (χ1) is 8.15. The maximum atomic E-state index is 8.47. The van der Waals surface area contributed by atoms with E-state index in [1.807, 2.05) is 18.2 Å². The van der Waals surface area contributed by atoms with Crippen molar-refractivity contribution < 1.29 is 0 Å². The van der Waals surface area contributed by atoms with Crippen molar-refractivity contribution in [1.29, 1.82) is 5.26 Å². The lowest BCUT2D eigenvalue weighted by Crippen LogP contribution is -2.23. The van der Waals surface area contributed by atoms with Crippen LogP contribution in [0.3, 0.4) is 0 Å². The smallest absolute Gasteiger partial charge is 0.0621 e. The van der Waals surface area contributed by atoms with E-state index in [1.54, 1.807) is 0 Å². The molecule has 1 atom stereocenters. The number of unbranched alkanes of at least 4 members (excludes halogenated alkanes) is 2. The second kappa shape index (κ2) is 6.93. The van der Waals surface area contributed by atoms with E-state index in [-0.39, 0.29) is 0 Å². The maximum absolute atomic E-state index is 8.47. The Morgan fingerprint density at radius 3 is 2.82 bits per heavy atom. The first-order valence-electron chi connectivity index (χ1n) is 6.07. The standard InChI is InChI=1S/C14H21N3/c1-12(13-7-6-8-14(16)11-13)17(2)10-5-3-4-9-15/h6-8,11-12H,3-5,10,16H2,1-2H3. The van der Waals surface area contributed by atoms with Gasteiger partial charge in [0.2, 0.25) is 0 Å². The molecule has 92 valence electrons. The maximum Gasteiger partial charge on any atom is 0.0621 e. The molecule has 17 heavy (non-hydrogen) atoms. The fourth-order valence-electron chi connectivity index (χ4n) is 1.83. The number of anilines is 1. The van der Waals surface area contributed by atoms with Gasteiger partial charge in [0, 0.05) is 18.2 Å². The van der Waals surface area contributed by atoms with Gasteiger partial charge in [-0.3, -0.25) is 4.90 Å². The predicted octanol–water partition coefficient (Wildman–Crippen LogP) is 2.96. The minimum Gasteiger partial charge on any atom is -0.399 e. The van der Waals surface area contributed by atoms with E-state index in [0.29, 0.717) is 12.5 Å². The predicted molar refractivity (Wildman–Crippen MR) is 71.4 cm³/mol. The van der Waals surface area contributed by atoms with E-state index in [0.717, 1.165) is 25.1 Å². The molecule has 3 heteroatoms. The van der Waals surface area contributed by atoms with E-state index >= 15 is 0 Å². The van der Waals surface area contributed by atoms with Crippen LogP contribution in [0.2, 0.25) is 0 Å². The summed E-state index contributed by atoms with van der Waals surface area (Å²) in [5.74, 6) is 0. The van der Waals surface area contributed by atoms with Gasteiger partial charge in [-0.05, 0) is 51.1 Å². The van der Waals surface area contributed by atoms with Crippen LogP contribution in [0.5, 0.6) is 0 Å². The summed E-state index contributed by atoms with van der Waals surface area (Å²) < 4.78 is 0. The van der Waals surface area contributed by atoms with E-state index in [9.17, 15) is 0 Å². The van der Waals surface area contributed by atoms with Crippen molar-refractivity contribution in [2.75, 3.05) is 19.3 Å². The van der Waals surface area contributed by atoms with Crippen molar-refractivity contribution in [3.63, 3.8) is 0 Å². The zero-order valence-corrected chi connectivity index (χ0v) is 10.7. The summed E-state index contributed by atoms with van der Waals surface area (Å²) in [5.41, 5.74) is 7.84.